The highest BCUT2D eigenvalue weighted by molar-refractivity contribution is 9.10. The number of nitrogens with zero attached hydrogens (tertiary/aromatic N) is 1. The topological polar surface area (TPSA) is 65.1 Å². The molecule has 0 aromatic heterocycles. The van der Waals surface area contributed by atoms with Gasteiger partial charge in [-0.25, -0.2) is 4.79 Å². The molecule has 0 bridgehead atoms. The van der Waals surface area contributed by atoms with Crippen LogP contribution in [0.4, 0.5) is 0 Å². The minimum atomic E-state index is -1.00. The van der Waals surface area contributed by atoms with Gasteiger partial charge in [0.05, 0.1) is 30.4 Å². The number of amides is 1. The lowest BCUT2D eigenvalue weighted by atomic mass is 10.1. The summed E-state index contributed by atoms with van der Waals surface area (Å²) in [4.78, 5) is 27.4. The van der Waals surface area contributed by atoms with E-state index < -0.39 is 12.1 Å². The van der Waals surface area contributed by atoms with Crippen LogP contribution in [0.15, 0.2) is 53.0 Å². The van der Waals surface area contributed by atoms with Crippen LogP contribution in [0.3, 0.4) is 0 Å². The number of benzene rings is 2. The van der Waals surface area contributed by atoms with Gasteiger partial charge in [-0.2, -0.15) is 0 Å². The molecule has 27 heavy (non-hydrogen) atoms. The number of carbonyl (C=O) groups excluding carboxylic acids is 2. The predicted molar refractivity (Wildman–Crippen MR) is 103 cm³/mol. The van der Waals surface area contributed by atoms with Crippen molar-refractivity contribution in [2.24, 2.45) is 0 Å². The Bertz CT molecular complexity index is 805. The van der Waals surface area contributed by atoms with Crippen LogP contribution in [-0.4, -0.2) is 50.2 Å². The van der Waals surface area contributed by atoms with Crippen LogP contribution in [0.2, 0.25) is 0 Å². The Morgan fingerprint density at radius 1 is 1.11 bits per heavy atom. The van der Waals surface area contributed by atoms with E-state index in [0.29, 0.717) is 47.7 Å². The van der Waals surface area contributed by atoms with Crippen molar-refractivity contribution >= 4 is 27.8 Å². The van der Waals surface area contributed by atoms with E-state index in [0.717, 1.165) is 0 Å². The van der Waals surface area contributed by atoms with Gasteiger partial charge in [0.2, 0.25) is 6.10 Å². The van der Waals surface area contributed by atoms with E-state index in [1.807, 2.05) is 18.2 Å². The van der Waals surface area contributed by atoms with Crippen LogP contribution in [-0.2, 0) is 14.3 Å². The summed E-state index contributed by atoms with van der Waals surface area (Å²) in [5.74, 6) is -0.213. The Morgan fingerprint density at radius 3 is 2.44 bits per heavy atom. The lowest BCUT2D eigenvalue weighted by molar-refractivity contribution is -0.145. The van der Waals surface area contributed by atoms with Crippen molar-refractivity contribution in [2.75, 3.05) is 33.4 Å². The average Bonchev–Trinajstić information content (AvgIpc) is 2.72. The molecule has 0 saturated carbocycles. The van der Waals surface area contributed by atoms with Crippen LogP contribution in [0.25, 0.3) is 0 Å². The number of carbonyl (C=O) groups is 2. The van der Waals surface area contributed by atoms with Crippen LogP contribution >= 0.6 is 15.9 Å². The summed E-state index contributed by atoms with van der Waals surface area (Å²) < 4.78 is 16.7. The molecule has 0 spiro atoms. The molecule has 2 aromatic carbocycles. The third-order valence-corrected chi connectivity index (χ3v) is 4.88. The summed E-state index contributed by atoms with van der Waals surface area (Å²) in [7, 11) is 1.55. The first-order valence-corrected chi connectivity index (χ1v) is 9.35. The number of rotatable bonds is 5. The number of morpholine rings is 1. The van der Waals surface area contributed by atoms with Crippen molar-refractivity contribution in [3.05, 3.63) is 64.1 Å². The SMILES string of the molecule is COc1ccc(C(=O)O[C@H](C(=O)N2CCOCC2)c2ccccc2)cc1Br. The molecule has 1 fully saturated rings. The van der Waals surface area contributed by atoms with Crippen molar-refractivity contribution in [3.8, 4) is 5.75 Å². The van der Waals surface area contributed by atoms with E-state index in [1.54, 1.807) is 42.3 Å². The molecule has 0 unspecified atom stereocenters. The maximum atomic E-state index is 13.0. The molecule has 1 atom stereocenters. The zero-order chi connectivity index (χ0) is 19.2. The zero-order valence-electron chi connectivity index (χ0n) is 14.9. The van der Waals surface area contributed by atoms with Crippen molar-refractivity contribution in [1.29, 1.82) is 0 Å². The Hall–Kier alpha value is -2.38. The minimum Gasteiger partial charge on any atom is -0.496 e. The standard InChI is InChI=1S/C20H20BrNO5/c1-25-17-8-7-15(13-16(17)21)20(24)27-18(14-5-3-2-4-6-14)19(23)22-9-11-26-12-10-22/h2-8,13,18H,9-12H2,1H3/t18-/m0/s1. The van der Waals surface area contributed by atoms with E-state index in [-0.39, 0.29) is 5.91 Å². The molecular formula is C20H20BrNO5. The van der Waals surface area contributed by atoms with E-state index in [1.165, 1.54) is 0 Å². The van der Waals surface area contributed by atoms with Gasteiger partial charge in [-0.05, 0) is 34.1 Å². The van der Waals surface area contributed by atoms with Crippen molar-refractivity contribution in [2.45, 2.75) is 6.10 Å². The molecule has 1 saturated heterocycles. The Balaban J connectivity index is 1.83. The normalized spacial score (nSPS) is 15.1. The number of esters is 1. The molecule has 6 nitrogen and oxygen atoms in total. The molecule has 3 rings (SSSR count). The van der Waals surface area contributed by atoms with Crippen molar-refractivity contribution in [1.82, 2.24) is 4.90 Å². The summed E-state index contributed by atoms with van der Waals surface area (Å²) in [5, 5.41) is 0. The van der Waals surface area contributed by atoms with E-state index in [2.05, 4.69) is 15.9 Å². The Morgan fingerprint density at radius 2 is 1.81 bits per heavy atom. The second-order valence-electron chi connectivity index (χ2n) is 5.98. The molecule has 1 aliphatic heterocycles. The first kappa shape index (κ1) is 19.4. The van der Waals surface area contributed by atoms with Crippen molar-refractivity contribution in [3.63, 3.8) is 0 Å². The van der Waals surface area contributed by atoms with Gasteiger partial charge in [0.15, 0.2) is 0 Å². The number of hydrogen-bond donors (Lipinski definition) is 0. The first-order chi connectivity index (χ1) is 13.1. The van der Waals surface area contributed by atoms with E-state index >= 15 is 0 Å². The molecule has 1 heterocycles. The summed E-state index contributed by atoms with van der Waals surface area (Å²) in [6, 6.07) is 13.9. The molecule has 0 N–H and O–H groups in total. The highest BCUT2D eigenvalue weighted by Gasteiger charge is 2.31. The van der Waals surface area contributed by atoms with Gasteiger partial charge < -0.3 is 19.1 Å². The Kier molecular flexibility index (Phi) is 6.47. The van der Waals surface area contributed by atoms with Crippen LogP contribution in [0, 0.1) is 0 Å². The Labute approximate surface area is 166 Å². The second-order valence-corrected chi connectivity index (χ2v) is 6.84. The fourth-order valence-electron chi connectivity index (χ4n) is 2.81. The highest BCUT2D eigenvalue weighted by atomic mass is 79.9. The van der Waals surface area contributed by atoms with Crippen LogP contribution in [0.1, 0.15) is 22.0 Å². The van der Waals surface area contributed by atoms with Crippen LogP contribution < -0.4 is 4.74 Å². The lowest BCUT2D eigenvalue weighted by Crippen LogP contribution is -2.44. The third kappa shape index (κ3) is 4.67. The molecule has 2 aromatic rings. The van der Waals surface area contributed by atoms with E-state index in [4.69, 9.17) is 14.2 Å². The molecule has 0 aliphatic carbocycles. The summed E-state index contributed by atoms with van der Waals surface area (Å²) in [6.07, 6.45) is -1.00. The van der Waals surface area contributed by atoms with Gasteiger partial charge >= 0.3 is 5.97 Å². The predicted octanol–water partition coefficient (Wildman–Crippen LogP) is 3.21. The van der Waals surface area contributed by atoms with Gasteiger partial charge in [-0.1, -0.05) is 30.3 Å². The number of hydrogen-bond acceptors (Lipinski definition) is 5. The third-order valence-electron chi connectivity index (χ3n) is 4.26. The molecule has 142 valence electrons. The van der Waals surface area contributed by atoms with Gasteiger partial charge in [-0.3, -0.25) is 4.79 Å². The van der Waals surface area contributed by atoms with Crippen LogP contribution in [0.5, 0.6) is 5.75 Å². The fraction of sp³-hybridized carbons (Fsp3) is 0.300. The van der Waals surface area contributed by atoms with Crippen molar-refractivity contribution < 1.29 is 23.8 Å². The first-order valence-electron chi connectivity index (χ1n) is 8.56. The van der Waals surface area contributed by atoms with Gasteiger partial charge in [-0.15, -0.1) is 0 Å². The average molecular weight is 434 g/mol. The highest BCUT2D eigenvalue weighted by Crippen LogP contribution is 2.28. The minimum absolute atomic E-state index is 0.245. The fourth-order valence-corrected chi connectivity index (χ4v) is 3.35. The number of methoxy groups -OCH3 is 1. The summed E-state index contributed by atoms with van der Waals surface area (Å²) >= 11 is 3.36. The maximum absolute atomic E-state index is 13.0. The molecule has 1 amide bonds. The molecule has 1 aliphatic rings. The lowest BCUT2D eigenvalue weighted by Gasteiger charge is -2.30. The van der Waals surface area contributed by atoms with E-state index in [9.17, 15) is 9.59 Å². The molecule has 7 heteroatoms. The quantitative estimate of drug-likeness (QED) is 0.677. The summed E-state index contributed by atoms with van der Waals surface area (Å²) in [6.45, 7) is 1.92. The number of ether oxygens (including phenoxy) is 3. The number of halogens is 1. The second kappa shape index (κ2) is 9.01. The largest absolute Gasteiger partial charge is 0.496 e. The maximum Gasteiger partial charge on any atom is 0.339 e. The molecule has 0 radical (unpaired) electrons. The monoisotopic (exact) mass is 433 g/mol. The molecular weight excluding hydrogens is 414 g/mol. The smallest absolute Gasteiger partial charge is 0.339 e. The summed E-state index contributed by atoms with van der Waals surface area (Å²) in [5.41, 5.74) is 0.966. The van der Waals surface area contributed by atoms with Gasteiger partial charge in [0, 0.05) is 18.7 Å². The van der Waals surface area contributed by atoms with Gasteiger partial charge in [0.1, 0.15) is 5.75 Å². The van der Waals surface area contributed by atoms with Gasteiger partial charge in [0.25, 0.3) is 5.91 Å². The zero-order valence-corrected chi connectivity index (χ0v) is 16.5.